The number of ether oxygens (including phenoxy) is 2. The van der Waals surface area contributed by atoms with Crippen molar-refractivity contribution in [2.75, 3.05) is 6.61 Å². The maximum absolute atomic E-state index is 11.1. The van der Waals surface area contributed by atoms with Crippen LogP contribution in [0.4, 0.5) is 4.79 Å². The molecule has 1 atom stereocenters. The van der Waals surface area contributed by atoms with Crippen LogP contribution < -0.4 is 0 Å². The molecule has 0 saturated heterocycles. The van der Waals surface area contributed by atoms with Crippen molar-refractivity contribution in [3.63, 3.8) is 0 Å². The van der Waals surface area contributed by atoms with E-state index in [9.17, 15) is 4.79 Å². The molecule has 1 rings (SSSR count). The molecule has 0 aromatic rings. The van der Waals surface area contributed by atoms with Crippen LogP contribution in [0.15, 0.2) is 11.8 Å². The molecule has 1 aliphatic rings. The maximum Gasteiger partial charge on any atom is 0.513 e. The molecule has 0 amide bonds. The number of hydrogen-bond acceptors (Lipinski definition) is 3. The molecule has 0 fully saturated rings. The fourth-order valence-electron chi connectivity index (χ4n) is 1.94. The smallest absolute Gasteiger partial charge is 0.434 e. The molecule has 0 radical (unpaired) electrons. The monoisotopic (exact) mass is 226 g/mol. The zero-order valence-corrected chi connectivity index (χ0v) is 10.7. The molecule has 92 valence electrons. The topological polar surface area (TPSA) is 35.5 Å². The van der Waals surface area contributed by atoms with E-state index in [1.807, 2.05) is 6.08 Å². The van der Waals surface area contributed by atoms with E-state index < -0.39 is 6.16 Å². The molecular weight excluding hydrogens is 204 g/mol. The van der Waals surface area contributed by atoms with E-state index in [0.29, 0.717) is 17.9 Å². The summed E-state index contributed by atoms with van der Waals surface area (Å²) in [5.41, 5.74) is 0.325. The Morgan fingerprint density at radius 1 is 1.50 bits per heavy atom. The van der Waals surface area contributed by atoms with E-state index >= 15 is 0 Å². The van der Waals surface area contributed by atoms with Gasteiger partial charge in [0, 0.05) is 6.42 Å². The summed E-state index contributed by atoms with van der Waals surface area (Å²) in [4.78, 5) is 11.1. The third kappa shape index (κ3) is 3.87. The molecule has 3 nitrogen and oxygen atoms in total. The second kappa shape index (κ2) is 5.37. The lowest BCUT2D eigenvalue weighted by atomic mass is 9.74. The van der Waals surface area contributed by atoms with E-state index in [-0.39, 0.29) is 0 Å². The first-order valence-corrected chi connectivity index (χ1v) is 5.97. The molecule has 0 heterocycles. The van der Waals surface area contributed by atoms with Crippen LogP contribution in [0, 0.1) is 11.3 Å². The Morgan fingerprint density at radius 2 is 2.19 bits per heavy atom. The first-order chi connectivity index (χ1) is 7.43. The standard InChI is InChI=1S/C13H22O3/c1-5-15-12(14)16-11-8-6-10(7-9-11)13(2,3)4/h8,10H,5-7,9H2,1-4H3. The molecule has 0 spiro atoms. The van der Waals surface area contributed by atoms with Gasteiger partial charge in [-0.05, 0) is 37.2 Å². The van der Waals surface area contributed by atoms with E-state index in [2.05, 4.69) is 20.8 Å². The van der Waals surface area contributed by atoms with Gasteiger partial charge in [-0.25, -0.2) is 4.79 Å². The lowest BCUT2D eigenvalue weighted by Gasteiger charge is -2.32. The van der Waals surface area contributed by atoms with Crippen LogP contribution in [-0.4, -0.2) is 12.8 Å². The van der Waals surface area contributed by atoms with E-state index in [4.69, 9.17) is 9.47 Å². The minimum Gasteiger partial charge on any atom is -0.434 e. The number of rotatable bonds is 2. The van der Waals surface area contributed by atoms with Gasteiger partial charge in [0.15, 0.2) is 0 Å². The number of carbonyl (C=O) groups is 1. The third-order valence-corrected chi connectivity index (χ3v) is 3.07. The van der Waals surface area contributed by atoms with Crippen molar-refractivity contribution in [3.05, 3.63) is 11.8 Å². The number of carbonyl (C=O) groups excluding carboxylic acids is 1. The molecule has 0 bridgehead atoms. The van der Waals surface area contributed by atoms with Crippen molar-refractivity contribution in [1.82, 2.24) is 0 Å². The highest BCUT2D eigenvalue weighted by Crippen LogP contribution is 2.37. The van der Waals surface area contributed by atoms with E-state index in [0.717, 1.165) is 25.0 Å². The minimum absolute atomic E-state index is 0.325. The minimum atomic E-state index is -0.581. The molecule has 1 unspecified atom stereocenters. The van der Waals surface area contributed by atoms with E-state index in [1.54, 1.807) is 6.92 Å². The Hall–Kier alpha value is -0.990. The van der Waals surface area contributed by atoms with Gasteiger partial charge in [-0.3, -0.25) is 0 Å². The summed E-state index contributed by atoms with van der Waals surface area (Å²) >= 11 is 0. The fraction of sp³-hybridized carbons (Fsp3) is 0.769. The van der Waals surface area contributed by atoms with Crippen LogP contribution in [0.5, 0.6) is 0 Å². The fourth-order valence-corrected chi connectivity index (χ4v) is 1.94. The predicted molar refractivity (Wildman–Crippen MR) is 63.0 cm³/mol. The lowest BCUT2D eigenvalue weighted by molar-refractivity contribution is 0.0752. The highest BCUT2D eigenvalue weighted by atomic mass is 16.7. The van der Waals surface area contributed by atoms with Gasteiger partial charge in [0.25, 0.3) is 0 Å². The highest BCUT2D eigenvalue weighted by molar-refractivity contribution is 5.61. The number of allylic oxidation sites excluding steroid dienone is 2. The van der Waals surface area contributed by atoms with Gasteiger partial charge in [0.05, 0.1) is 6.61 Å². The van der Waals surface area contributed by atoms with Gasteiger partial charge in [-0.1, -0.05) is 20.8 Å². The molecule has 0 aromatic heterocycles. The van der Waals surface area contributed by atoms with Gasteiger partial charge in [-0.2, -0.15) is 0 Å². The van der Waals surface area contributed by atoms with Crippen LogP contribution in [0.2, 0.25) is 0 Å². The molecule has 0 aliphatic heterocycles. The van der Waals surface area contributed by atoms with Gasteiger partial charge >= 0.3 is 6.16 Å². The van der Waals surface area contributed by atoms with Crippen LogP contribution in [0.3, 0.4) is 0 Å². The quantitative estimate of drug-likeness (QED) is 0.670. The first-order valence-electron chi connectivity index (χ1n) is 5.97. The predicted octanol–water partition coefficient (Wildman–Crippen LogP) is 3.89. The summed E-state index contributed by atoms with van der Waals surface area (Å²) in [5, 5.41) is 0. The Morgan fingerprint density at radius 3 is 2.62 bits per heavy atom. The van der Waals surface area contributed by atoms with Crippen LogP contribution in [-0.2, 0) is 9.47 Å². The van der Waals surface area contributed by atoms with Crippen molar-refractivity contribution in [2.45, 2.75) is 47.0 Å². The normalized spacial score (nSPS) is 21.2. The van der Waals surface area contributed by atoms with Crippen LogP contribution in [0.1, 0.15) is 47.0 Å². The average molecular weight is 226 g/mol. The maximum atomic E-state index is 11.1. The second-order valence-electron chi connectivity index (χ2n) is 5.29. The summed E-state index contributed by atoms with van der Waals surface area (Å²) in [6.07, 6.45) is 4.34. The molecule has 0 aromatic carbocycles. The summed E-state index contributed by atoms with van der Waals surface area (Å²) < 4.78 is 9.83. The molecule has 3 heteroatoms. The Bertz CT molecular complexity index is 273. The van der Waals surface area contributed by atoms with Gasteiger partial charge in [0.1, 0.15) is 5.76 Å². The average Bonchev–Trinajstić information content (AvgIpc) is 2.17. The molecular formula is C13H22O3. The molecule has 0 saturated carbocycles. The SMILES string of the molecule is CCOC(=O)OC1=CCC(C(C)(C)C)CC1. The molecule has 0 N–H and O–H groups in total. The first kappa shape index (κ1) is 13.1. The third-order valence-electron chi connectivity index (χ3n) is 3.07. The summed E-state index contributed by atoms with van der Waals surface area (Å²) in [6, 6.07) is 0. The summed E-state index contributed by atoms with van der Waals surface area (Å²) in [7, 11) is 0. The zero-order chi connectivity index (χ0) is 12.2. The highest BCUT2D eigenvalue weighted by Gasteiger charge is 2.27. The molecule has 16 heavy (non-hydrogen) atoms. The van der Waals surface area contributed by atoms with Crippen molar-refractivity contribution < 1.29 is 14.3 Å². The Labute approximate surface area is 97.8 Å². The largest absolute Gasteiger partial charge is 0.513 e. The van der Waals surface area contributed by atoms with Crippen LogP contribution >= 0.6 is 0 Å². The van der Waals surface area contributed by atoms with Gasteiger partial charge in [-0.15, -0.1) is 0 Å². The lowest BCUT2D eigenvalue weighted by Crippen LogP contribution is -2.23. The van der Waals surface area contributed by atoms with Gasteiger partial charge in [0.2, 0.25) is 0 Å². The van der Waals surface area contributed by atoms with E-state index in [1.165, 1.54) is 0 Å². The number of hydrogen-bond donors (Lipinski definition) is 0. The molecule has 1 aliphatic carbocycles. The summed E-state index contributed by atoms with van der Waals surface area (Å²) in [5.74, 6) is 1.43. The van der Waals surface area contributed by atoms with Crippen molar-refractivity contribution >= 4 is 6.16 Å². The van der Waals surface area contributed by atoms with Crippen LogP contribution in [0.25, 0.3) is 0 Å². The summed E-state index contributed by atoms with van der Waals surface area (Å²) in [6.45, 7) is 8.89. The second-order valence-corrected chi connectivity index (χ2v) is 5.29. The van der Waals surface area contributed by atoms with Crippen molar-refractivity contribution in [1.29, 1.82) is 0 Å². The van der Waals surface area contributed by atoms with Gasteiger partial charge < -0.3 is 9.47 Å². The van der Waals surface area contributed by atoms with Crippen molar-refractivity contribution in [2.24, 2.45) is 11.3 Å². The van der Waals surface area contributed by atoms with Crippen molar-refractivity contribution in [3.8, 4) is 0 Å². The Kier molecular flexibility index (Phi) is 4.39. The zero-order valence-electron chi connectivity index (χ0n) is 10.7. The Balaban J connectivity index is 2.44.